The molecule has 126 valence electrons. The Bertz CT molecular complexity index is 731. The fourth-order valence-electron chi connectivity index (χ4n) is 3.32. The number of carbonyl (C=O) groups is 1. The molecule has 0 radical (unpaired) electrons. The van der Waals surface area contributed by atoms with Gasteiger partial charge in [-0.3, -0.25) is 4.79 Å². The van der Waals surface area contributed by atoms with E-state index in [0.29, 0.717) is 10.6 Å². The van der Waals surface area contributed by atoms with Gasteiger partial charge in [0.05, 0.1) is 11.4 Å². The number of aryl methyl sites for hydroxylation is 2. The lowest BCUT2D eigenvalue weighted by molar-refractivity contribution is 0.102. The van der Waals surface area contributed by atoms with Gasteiger partial charge in [0.2, 0.25) is 0 Å². The molecule has 1 N–H and O–H groups in total. The van der Waals surface area contributed by atoms with Crippen molar-refractivity contribution in [1.82, 2.24) is 0 Å². The lowest BCUT2D eigenvalue weighted by atomic mass is 10.1. The van der Waals surface area contributed by atoms with Gasteiger partial charge in [0.1, 0.15) is 0 Å². The van der Waals surface area contributed by atoms with Crippen molar-refractivity contribution in [3.63, 3.8) is 0 Å². The first kappa shape index (κ1) is 16.8. The van der Waals surface area contributed by atoms with Gasteiger partial charge >= 0.3 is 0 Å². The Labute approximate surface area is 148 Å². The molecular formula is C20H23ClN2O. The van der Waals surface area contributed by atoms with Crippen molar-refractivity contribution in [2.45, 2.75) is 33.1 Å². The summed E-state index contributed by atoms with van der Waals surface area (Å²) >= 11 is 6.17. The number of carbonyl (C=O) groups excluding carboxylic acids is 1. The van der Waals surface area contributed by atoms with Gasteiger partial charge in [0, 0.05) is 23.7 Å². The lowest BCUT2D eigenvalue weighted by Gasteiger charge is -2.30. The molecule has 1 fully saturated rings. The SMILES string of the molecule is Cc1cc(C)cc(C(=O)Nc2cc(Cl)ccc2N2CCCCC2)c1. The highest BCUT2D eigenvalue weighted by molar-refractivity contribution is 6.31. The summed E-state index contributed by atoms with van der Waals surface area (Å²) < 4.78 is 0. The van der Waals surface area contributed by atoms with Crippen LogP contribution < -0.4 is 10.2 Å². The van der Waals surface area contributed by atoms with Crippen LogP contribution in [0.15, 0.2) is 36.4 Å². The molecule has 1 saturated heterocycles. The van der Waals surface area contributed by atoms with Crippen molar-refractivity contribution < 1.29 is 4.79 Å². The number of halogens is 1. The summed E-state index contributed by atoms with van der Waals surface area (Å²) in [6.07, 6.45) is 3.65. The van der Waals surface area contributed by atoms with Crippen LogP contribution in [-0.2, 0) is 0 Å². The number of hydrogen-bond acceptors (Lipinski definition) is 2. The zero-order chi connectivity index (χ0) is 17.1. The molecule has 1 aliphatic rings. The van der Waals surface area contributed by atoms with E-state index in [1.54, 1.807) is 0 Å². The van der Waals surface area contributed by atoms with E-state index in [4.69, 9.17) is 11.6 Å². The van der Waals surface area contributed by atoms with E-state index in [-0.39, 0.29) is 5.91 Å². The Hall–Kier alpha value is -2.00. The molecule has 0 saturated carbocycles. The van der Waals surface area contributed by atoms with Crippen LogP contribution in [0.4, 0.5) is 11.4 Å². The van der Waals surface area contributed by atoms with Crippen LogP contribution >= 0.6 is 11.6 Å². The van der Waals surface area contributed by atoms with E-state index in [1.807, 2.05) is 44.2 Å². The zero-order valence-corrected chi connectivity index (χ0v) is 15.0. The summed E-state index contributed by atoms with van der Waals surface area (Å²) in [7, 11) is 0. The lowest BCUT2D eigenvalue weighted by Crippen LogP contribution is -2.30. The second-order valence-electron chi connectivity index (χ2n) is 6.54. The van der Waals surface area contributed by atoms with Gasteiger partial charge in [-0.25, -0.2) is 0 Å². The van der Waals surface area contributed by atoms with Crippen LogP contribution in [0, 0.1) is 13.8 Å². The maximum absolute atomic E-state index is 12.7. The fraction of sp³-hybridized carbons (Fsp3) is 0.350. The monoisotopic (exact) mass is 342 g/mol. The quantitative estimate of drug-likeness (QED) is 0.831. The average molecular weight is 343 g/mol. The van der Waals surface area contributed by atoms with Gasteiger partial charge in [-0.2, -0.15) is 0 Å². The number of rotatable bonds is 3. The molecule has 3 rings (SSSR count). The van der Waals surface area contributed by atoms with E-state index < -0.39 is 0 Å². The summed E-state index contributed by atoms with van der Waals surface area (Å²) in [5, 5.41) is 3.69. The van der Waals surface area contributed by atoms with Crippen LogP contribution in [0.3, 0.4) is 0 Å². The van der Waals surface area contributed by atoms with Crippen molar-refractivity contribution in [3.8, 4) is 0 Å². The molecule has 24 heavy (non-hydrogen) atoms. The molecular weight excluding hydrogens is 320 g/mol. The number of piperidine rings is 1. The number of benzene rings is 2. The smallest absolute Gasteiger partial charge is 0.255 e. The molecule has 0 aliphatic carbocycles. The van der Waals surface area contributed by atoms with Crippen LogP contribution in [-0.4, -0.2) is 19.0 Å². The normalized spacial score (nSPS) is 14.5. The number of nitrogens with zero attached hydrogens (tertiary/aromatic N) is 1. The van der Waals surface area contributed by atoms with E-state index in [9.17, 15) is 4.79 Å². The second-order valence-corrected chi connectivity index (χ2v) is 6.98. The summed E-state index contributed by atoms with van der Waals surface area (Å²) in [6, 6.07) is 11.6. The first-order valence-electron chi connectivity index (χ1n) is 8.47. The van der Waals surface area contributed by atoms with Crippen LogP contribution in [0.5, 0.6) is 0 Å². The minimum absolute atomic E-state index is 0.0951. The third-order valence-corrected chi connectivity index (χ3v) is 4.62. The van der Waals surface area contributed by atoms with Gasteiger partial charge < -0.3 is 10.2 Å². The highest BCUT2D eigenvalue weighted by Crippen LogP contribution is 2.31. The third kappa shape index (κ3) is 3.90. The number of anilines is 2. The Balaban J connectivity index is 1.88. The molecule has 2 aromatic rings. The van der Waals surface area contributed by atoms with Gasteiger partial charge in [-0.1, -0.05) is 28.8 Å². The van der Waals surface area contributed by atoms with Crippen molar-refractivity contribution >= 4 is 28.9 Å². The van der Waals surface area contributed by atoms with Crippen molar-refractivity contribution in [1.29, 1.82) is 0 Å². The maximum Gasteiger partial charge on any atom is 0.255 e. The minimum Gasteiger partial charge on any atom is -0.370 e. The molecule has 1 aliphatic heterocycles. The van der Waals surface area contributed by atoms with Crippen LogP contribution in [0.2, 0.25) is 5.02 Å². The summed E-state index contributed by atoms with van der Waals surface area (Å²) in [5.74, 6) is -0.0951. The van der Waals surface area contributed by atoms with Gasteiger partial charge in [-0.05, 0) is 63.4 Å². The van der Waals surface area contributed by atoms with E-state index in [0.717, 1.165) is 35.6 Å². The molecule has 3 nitrogen and oxygen atoms in total. The Morgan fingerprint density at radius 1 is 1.00 bits per heavy atom. The summed E-state index contributed by atoms with van der Waals surface area (Å²) in [5.41, 5.74) is 4.69. The van der Waals surface area contributed by atoms with Gasteiger partial charge in [0.25, 0.3) is 5.91 Å². The molecule has 1 amide bonds. The second kappa shape index (κ2) is 7.27. The predicted octanol–water partition coefficient (Wildman–Crippen LogP) is 5.20. The van der Waals surface area contributed by atoms with Crippen LogP contribution in [0.1, 0.15) is 40.7 Å². The first-order valence-corrected chi connectivity index (χ1v) is 8.85. The van der Waals surface area contributed by atoms with Gasteiger partial charge in [0.15, 0.2) is 0 Å². The largest absolute Gasteiger partial charge is 0.370 e. The molecule has 0 unspecified atom stereocenters. The van der Waals surface area contributed by atoms with Crippen molar-refractivity contribution in [2.75, 3.05) is 23.3 Å². The highest BCUT2D eigenvalue weighted by Gasteiger charge is 2.17. The maximum atomic E-state index is 12.7. The Morgan fingerprint density at radius 3 is 2.33 bits per heavy atom. The van der Waals surface area contributed by atoms with Crippen molar-refractivity contribution in [3.05, 3.63) is 58.1 Å². The number of hydrogen-bond donors (Lipinski definition) is 1. The summed E-state index contributed by atoms with van der Waals surface area (Å²) in [4.78, 5) is 15.0. The van der Waals surface area contributed by atoms with E-state index in [1.165, 1.54) is 19.3 Å². The first-order chi connectivity index (χ1) is 11.5. The minimum atomic E-state index is -0.0951. The van der Waals surface area contributed by atoms with Crippen LogP contribution in [0.25, 0.3) is 0 Å². The molecule has 0 aromatic heterocycles. The molecule has 0 atom stereocenters. The Morgan fingerprint density at radius 2 is 1.67 bits per heavy atom. The van der Waals surface area contributed by atoms with E-state index in [2.05, 4.69) is 16.3 Å². The third-order valence-electron chi connectivity index (χ3n) is 4.39. The van der Waals surface area contributed by atoms with Gasteiger partial charge in [-0.15, -0.1) is 0 Å². The standard InChI is InChI=1S/C20H23ClN2O/c1-14-10-15(2)12-16(11-14)20(24)22-18-13-17(21)6-7-19(18)23-8-4-3-5-9-23/h6-7,10-13H,3-5,8-9H2,1-2H3,(H,22,24). The Kier molecular flexibility index (Phi) is 5.10. The highest BCUT2D eigenvalue weighted by atomic mass is 35.5. The van der Waals surface area contributed by atoms with E-state index >= 15 is 0 Å². The fourth-order valence-corrected chi connectivity index (χ4v) is 3.49. The zero-order valence-electron chi connectivity index (χ0n) is 14.2. The number of nitrogens with one attached hydrogen (secondary N) is 1. The molecule has 0 spiro atoms. The topological polar surface area (TPSA) is 32.3 Å². The molecule has 4 heteroatoms. The molecule has 2 aromatic carbocycles. The molecule has 0 bridgehead atoms. The number of amides is 1. The van der Waals surface area contributed by atoms with Crippen molar-refractivity contribution in [2.24, 2.45) is 0 Å². The molecule has 1 heterocycles. The predicted molar refractivity (Wildman–Crippen MR) is 101 cm³/mol. The average Bonchev–Trinajstić information content (AvgIpc) is 2.55. The summed E-state index contributed by atoms with van der Waals surface area (Å²) in [6.45, 7) is 6.05.